The predicted octanol–water partition coefficient (Wildman–Crippen LogP) is 5.41. The van der Waals surface area contributed by atoms with E-state index in [0.29, 0.717) is 43.7 Å². The van der Waals surface area contributed by atoms with Crippen LogP contribution in [0.2, 0.25) is 0 Å². The zero-order valence-corrected chi connectivity index (χ0v) is 24.1. The number of amides is 2. The molecule has 0 aliphatic heterocycles. The topological polar surface area (TPSA) is 110 Å². The van der Waals surface area contributed by atoms with Gasteiger partial charge in [-0.15, -0.1) is 0 Å². The van der Waals surface area contributed by atoms with Gasteiger partial charge in [-0.2, -0.15) is 17.0 Å². The molecule has 2 amide bonds. The fourth-order valence-electron chi connectivity index (χ4n) is 4.86. The normalized spacial score (nSPS) is 17.3. The highest BCUT2D eigenvalue weighted by Crippen LogP contribution is 2.28. The van der Waals surface area contributed by atoms with Crippen LogP contribution in [-0.4, -0.2) is 63.0 Å². The fraction of sp³-hybridized carbons (Fsp3) is 0.516. The van der Waals surface area contributed by atoms with Crippen molar-refractivity contribution >= 4 is 24.3 Å². The van der Waals surface area contributed by atoms with Crippen LogP contribution in [0, 0.1) is 23.2 Å². The number of hydrogen-bond donors (Lipinski definition) is 2. The summed E-state index contributed by atoms with van der Waals surface area (Å²) in [6.07, 6.45) is 5.43. The van der Waals surface area contributed by atoms with Gasteiger partial charge < -0.3 is 24.8 Å². The van der Waals surface area contributed by atoms with Crippen molar-refractivity contribution in [2.45, 2.75) is 45.1 Å². The number of nitrogens with one attached hydrogen (secondary N) is 2. The van der Waals surface area contributed by atoms with Crippen molar-refractivity contribution in [1.82, 2.24) is 10.6 Å². The molecule has 3 unspecified atom stereocenters. The number of ether oxygens (including phenoxy) is 3. The first kappa shape index (κ1) is 31.3. The van der Waals surface area contributed by atoms with Crippen LogP contribution in [0.15, 0.2) is 48.5 Å². The summed E-state index contributed by atoms with van der Waals surface area (Å²) in [4.78, 5) is 22.8. The summed E-state index contributed by atoms with van der Waals surface area (Å²) in [7, 11) is 0. The molecule has 0 heterocycles. The first-order valence-electron chi connectivity index (χ1n) is 14.1. The number of alkyl carbamates (subject to hydrolysis) is 1. The zero-order valence-electron chi connectivity index (χ0n) is 23.3. The molecule has 2 N–H and O–H groups in total. The molecule has 0 saturated heterocycles. The van der Waals surface area contributed by atoms with Crippen LogP contribution in [0.1, 0.15) is 44.6 Å². The van der Waals surface area contributed by atoms with Gasteiger partial charge in [-0.05, 0) is 85.6 Å². The van der Waals surface area contributed by atoms with E-state index in [0.717, 1.165) is 66.9 Å². The number of rotatable bonds is 17. The molecule has 40 heavy (non-hydrogen) atoms. The summed E-state index contributed by atoms with van der Waals surface area (Å²) in [5, 5.41) is 14.6. The Hall–Kier alpha value is -3.22. The Kier molecular flexibility index (Phi) is 14.2. The van der Waals surface area contributed by atoms with Gasteiger partial charge in [0.15, 0.2) is 0 Å². The van der Waals surface area contributed by atoms with Crippen molar-refractivity contribution in [3.05, 3.63) is 54.1 Å². The summed E-state index contributed by atoms with van der Waals surface area (Å²) in [5.74, 6) is 3.39. The Balaban J connectivity index is 1.26. The zero-order chi connectivity index (χ0) is 28.4. The van der Waals surface area contributed by atoms with E-state index in [1.807, 2.05) is 55.5 Å². The second kappa shape index (κ2) is 18.2. The van der Waals surface area contributed by atoms with Gasteiger partial charge in [-0.1, -0.05) is 30.7 Å². The first-order valence-corrected chi connectivity index (χ1v) is 15.3. The van der Waals surface area contributed by atoms with E-state index in [9.17, 15) is 9.59 Å². The summed E-state index contributed by atoms with van der Waals surface area (Å²) in [5.41, 5.74) is 2.80. The number of nitrogens with zero attached hydrogens (tertiary/aromatic N) is 1. The van der Waals surface area contributed by atoms with Crippen LogP contribution in [0.5, 0.6) is 5.75 Å². The fourth-order valence-corrected chi connectivity index (χ4v) is 5.81. The minimum Gasteiger partial charge on any atom is -0.494 e. The minimum atomic E-state index is -0.401. The number of hydrogen-bond acceptors (Lipinski definition) is 7. The van der Waals surface area contributed by atoms with Crippen molar-refractivity contribution in [3.8, 4) is 22.9 Å². The van der Waals surface area contributed by atoms with Crippen molar-refractivity contribution in [2.75, 3.05) is 44.4 Å². The van der Waals surface area contributed by atoms with E-state index >= 15 is 0 Å². The molecule has 8 nitrogen and oxygen atoms in total. The lowest BCUT2D eigenvalue weighted by molar-refractivity contribution is -0.109. The van der Waals surface area contributed by atoms with E-state index in [-0.39, 0.29) is 12.7 Å². The van der Waals surface area contributed by atoms with Crippen LogP contribution in [0.4, 0.5) is 4.79 Å². The maximum Gasteiger partial charge on any atom is 0.407 e. The van der Waals surface area contributed by atoms with Gasteiger partial charge >= 0.3 is 6.09 Å². The molecule has 1 fully saturated rings. The molecule has 0 spiro atoms. The largest absolute Gasteiger partial charge is 0.494 e. The number of nitriles is 1. The van der Waals surface area contributed by atoms with E-state index in [1.165, 1.54) is 0 Å². The SMILES string of the molecule is CCOC(COC(=O)NCC1CCCC(CNC=O)C1)CSCCCOc1ccc(-c2ccc(C#N)cc2)cc1. The summed E-state index contributed by atoms with van der Waals surface area (Å²) >= 11 is 1.76. The molecular weight excluding hydrogens is 526 g/mol. The highest BCUT2D eigenvalue weighted by Gasteiger charge is 2.22. The smallest absolute Gasteiger partial charge is 0.407 e. The third-order valence-corrected chi connectivity index (χ3v) is 8.11. The Bertz CT molecular complexity index is 1060. The number of carbonyl (C=O) groups is 2. The lowest BCUT2D eigenvalue weighted by atomic mass is 9.81. The maximum atomic E-state index is 12.2. The molecule has 2 aromatic rings. The van der Waals surface area contributed by atoms with Gasteiger partial charge in [0.25, 0.3) is 0 Å². The number of thioether (sulfide) groups is 1. The quantitative estimate of drug-likeness (QED) is 0.194. The van der Waals surface area contributed by atoms with Gasteiger partial charge in [0.2, 0.25) is 6.41 Å². The van der Waals surface area contributed by atoms with Crippen LogP contribution < -0.4 is 15.4 Å². The Labute approximate surface area is 242 Å². The van der Waals surface area contributed by atoms with Gasteiger partial charge in [-0.3, -0.25) is 4.79 Å². The monoisotopic (exact) mass is 567 g/mol. The maximum absolute atomic E-state index is 12.2. The van der Waals surface area contributed by atoms with E-state index in [4.69, 9.17) is 19.5 Å². The molecular formula is C31H41N3O5S. The lowest BCUT2D eigenvalue weighted by Gasteiger charge is -2.29. The average molecular weight is 568 g/mol. The van der Waals surface area contributed by atoms with Crippen LogP contribution >= 0.6 is 11.8 Å². The van der Waals surface area contributed by atoms with Crippen LogP contribution in [0.3, 0.4) is 0 Å². The Morgan fingerprint density at radius 2 is 1.80 bits per heavy atom. The molecule has 3 atom stereocenters. The summed E-state index contributed by atoms with van der Waals surface area (Å²) in [6, 6.07) is 17.6. The minimum absolute atomic E-state index is 0.148. The predicted molar refractivity (Wildman–Crippen MR) is 158 cm³/mol. The highest BCUT2D eigenvalue weighted by molar-refractivity contribution is 7.99. The molecule has 2 aromatic carbocycles. The summed E-state index contributed by atoms with van der Waals surface area (Å²) < 4.78 is 17.1. The van der Waals surface area contributed by atoms with Crippen molar-refractivity contribution < 1.29 is 23.8 Å². The van der Waals surface area contributed by atoms with Crippen LogP contribution in [0.25, 0.3) is 11.1 Å². The third-order valence-electron chi connectivity index (χ3n) is 6.93. The third kappa shape index (κ3) is 11.5. The highest BCUT2D eigenvalue weighted by atomic mass is 32.2. The lowest BCUT2D eigenvalue weighted by Crippen LogP contribution is -2.35. The molecule has 1 aliphatic rings. The van der Waals surface area contributed by atoms with E-state index in [2.05, 4.69) is 16.7 Å². The van der Waals surface area contributed by atoms with Gasteiger partial charge in [0.1, 0.15) is 18.5 Å². The van der Waals surface area contributed by atoms with Crippen molar-refractivity contribution in [1.29, 1.82) is 5.26 Å². The Morgan fingerprint density at radius 3 is 2.48 bits per heavy atom. The van der Waals surface area contributed by atoms with Crippen molar-refractivity contribution in [3.63, 3.8) is 0 Å². The number of benzene rings is 2. The molecule has 1 saturated carbocycles. The molecule has 0 bridgehead atoms. The molecule has 1 aliphatic carbocycles. The Morgan fingerprint density at radius 1 is 1.10 bits per heavy atom. The molecule has 216 valence electrons. The van der Waals surface area contributed by atoms with Gasteiger partial charge in [0, 0.05) is 25.4 Å². The first-order chi connectivity index (χ1) is 19.6. The van der Waals surface area contributed by atoms with E-state index in [1.54, 1.807) is 11.8 Å². The second-order valence-corrected chi connectivity index (χ2v) is 11.1. The second-order valence-electron chi connectivity index (χ2n) is 9.97. The number of carbonyl (C=O) groups excluding carboxylic acids is 2. The molecule has 9 heteroatoms. The summed E-state index contributed by atoms with van der Waals surface area (Å²) in [6.45, 7) is 4.66. The van der Waals surface area contributed by atoms with Crippen LogP contribution in [-0.2, 0) is 14.3 Å². The van der Waals surface area contributed by atoms with Crippen molar-refractivity contribution in [2.24, 2.45) is 11.8 Å². The van der Waals surface area contributed by atoms with Gasteiger partial charge in [0.05, 0.1) is 18.2 Å². The standard InChI is InChI=1S/C31H41N3O5S/c1-2-37-30(21-39-31(36)34-20-26-6-3-5-25(17-26)19-33-23-35)22-40-16-4-15-38-29-13-11-28(12-14-29)27-9-7-24(18-32)8-10-27/h7-14,23,25-26,30H,2-6,15-17,19-22H2,1H3,(H,33,35)(H,34,36). The average Bonchev–Trinajstić information content (AvgIpc) is 3.00. The van der Waals surface area contributed by atoms with E-state index < -0.39 is 6.09 Å². The van der Waals surface area contributed by atoms with Gasteiger partial charge in [-0.25, -0.2) is 4.79 Å². The molecule has 0 radical (unpaired) electrons. The molecule has 3 rings (SSSR count). The molecule has 0 aromatic heterocycles.